The second-order valence-electron chi connectivity index (χ2n) is 1.65. The van der Waals surface area contributed by atoms with Crippen molar-refractivity contribution in [3.05, 3.63) is 40.2 Å². The van der Waals surface area contributed by atoms with Crippen molar-refractivity contribution in [3.8, 4) is 0 Å². The van der Waals surface area contributed by atoms with Crippen LogP contribution in [0.1, 0.15) is 0 Å². The fraction of sp³-hybridized carbons (Fsp3) is 0. The van der Waals surface area contributed by atoms with Crippen molar-refractivity contribution < 1.29 is 9.31 Å². The molecule has 0 N–H and O–H groups in total. The number of rotatable bonds is 1. The molecule has 0 heterocycles. The van der Waals surface area contributed by atoms with Crippen LogP contribution in [0.4, 0.5) is 10.1 Å². The molecule has 0 spiro atoms. The van der Waals surface area contributed by atoms with Gasteiger partial charge in [-0.25, -0.2) is 4.39 Å². The van der Waals surface area contributed by atoms with E-state index in [0.29, 0.717) is 0 Å². The highest BCUT2D eigenvalue weighted by atomic mass is 19.1. The van der Waals surface area contributed by atoms with Crippen molar-refractivity contribution in [3.63, 3.8) is 0 Å². The van der Waals surface area contributed by atoms with Crippen LogP contribution in [0.5, 0.6) is 0 Å². The SMILES string of the molecule is O=[N+]([O-])c1[c]ccc(F)c1. The zero-order chi connectivity index (χ0) is 7.56. The molecule has 0 bridgehead atoms. The maximum Gasteiger partial charge on any atom is 0.280 e. The first-order valence-electron chi connectivity index (χ1n) is 2.52. The molecule has 3 nitrogen and oxygen atoms in total. The summed E-state index contributed by atoms with van der Waals surface area (Å²) < 4.78 is 12.2. The van der Waals surface area contributed by atoms with Gasteiger partial charge in [-0.2, -0.15) is 0 Å². The Kier molecular flexibility index (Phi) is 1.62. The first-order valence-corrected chi connectivity index (χ1v) is 2.52. The molecular formula is C6H3FNO2. The normalized spacial score (nSPS) is 9.30. The van der Waals surface area contributed by atoms with E-state index in [1.54, 1.807) is 0 Å². The largest absolute Gasteiger partial charge is 0.280 e. The highest BCUT2D eigenvalue weighted by Crippen LogP contribution is 2.09. The van der Waals surface area contributed by atoms with Gasteiger partial charge in [-0.15, -0.1) is 0 Å². The first-order chi connectivity index (χ1) is 4.70. The maximum absolute atomic E-state index is 12.2. The predicted molar refractivity (Wildman–Crippen MR) is 31.9 cm³/mol. The van der Waals surface area contributed by atoms with E-state index in [1.165, 1.54) is 6.07 Å². The number of nitro benzene ring substituents is 1. The van der Waals surface area contributed by atoms with E-state index in [4.69, 9.17) is 0 Å². The quantitative estimate of drug-likeness (QED) is 0.438. The average molecular weight is 140 g/mol. The number of non-ortho nitro benzene ring substituents is 1. The second-order valence-corrected chi connectivity index (χ2v) is 1.65. The third-order valence-electron chi connectivity index (χ3n) is 0.945. The van der Waals surface area contributed by atoms with Crippen LogP contribution in [0.15, 0.2) is 18.2 Å². The van der Waals surface area contributed by atoms with Gasteiger partial charge in [0.15, 0.2) is 0 Å². The van der Waals surface area contributed by atoms with Gasteiger partial charge in [0.05, 0.1) is 17.1 Å². The van der Waals surface area contributed by atoms with Crippen LogP contribution in [-0.2, 0) is 0 Å². The summed E-state index contributed by atoms with van der Waals surface area (Å²) >= 11 is 0. The smallest absolute Gasteiger partial charge is 0.258 e. The zero-order valence-electron chi connectivity index (χ0n) is 4.87. The minimum atomic E-state index is -0.691. The molecule has 1 aromatic carbocycles. The van der Waals surface area contributed by atoms with Gasteiger partial charge in [-0.1, -0.05) is 0 Å². The summed E-state index contributed by atoms with van der Waals surface area (Å²) in [6.45, 7) is 0. The number of hydrogen-bond acceptors (Lipinski definition) is 2. The summed E-state index contributed by atoms with van der Waals surface area (Å²) in [6, 6.07) is 5.37. The zero-order valence-corrected chi connectivity index (χ0v) is 4.87. The van der Waals surface area contributed by atoms with Gasteiger partial charge in [-0.3, -0.25) is 10.1 Å². The lowest BCUT2D eigenvalue weighted by molar-refractivity contribution is -0.385. The molecule has 0 amide bonds. The van der Waals surface area contributed by atoms with Crippen LogP contribution in [0.25, 0.3) is 0 Å². The third kappa shape index (κ3) is 1.28. The maximum atomic E-state index is 12.2. The Morgan fingerprint density at radius 1 is 1.70 bits per heavy atom. The third-order valence-corrected chi connectivity index (χ3v) is 0.945. The van der Waals surface area contributed by atoms with Crippen LogP contribution >= 0.6 is 0 Å². The Labute approximate surface area is 56.2 Å². The van der Waals surface area contributed by atoms with Gasteiger partial charge in [0, 0.05) is 0 Å². The molecule has 51 valence electrons. The molecule has 0 aliphatic carbocycles. The van der Waals surface area contributed by atoms with Gasteiger partial charge in [0.25, 0.3) is 5.69 Å². The van der Waals surface area contributed by atoms with Crippen molar-refractivity contribution in [1.29, 1.82) is 0 Å². The summed E-state index contributed by atoms with van der Waals surface area (Å²) in [6.07, 6.45) is 0. The van der Waals surface area contributed by atoms with Crippen LogP contribution in [0.2, 0.25) is 0 Å². The van der Waals surface area contributed by atoms with Gasteiger partial charge in [-0.05, 0) is 12.1 Å². The van der Waals surface area contributed by atoms with Crippen LogP contribution in [-0.4, -0.2) is 4.92 Å². The molecule has 0 saturated carbocycles. The van der Waals surface area contributed by atoms with E-state index in [9.17, 15) is 14.5 Å². The van der Waals surface area contributed by atoms with Crippen LogP contribution in [0, 0.1) is 22.0 Å². The Morgan fingerprint density at radius 3 is 2.80 bits per heavy atom. The Hall–Kier alpha value is -1.45. The van der Waals surface area contributed by atoms with Gasteiger partial charge in [0.2, 0.25) is 0 Å². The number of nitro groups is 1. The average Bonchev–Trinajstić information content (AvgIpc) is 1.88. The molecule has 10 heavy (non-hydrogen) atoms. The second kappa shape index (κ2) is 2.43. The fourth-order valence-electron chi connectivity index (χ4n) is 0.532. The highest BCUT2D eigenvalue weighted by molar-refractivity contribution is 5.27. The molecule has 1 aromatic rings. The van der Waals surface area contributed by atoms with Crippen molar-refractivity contribution in [1.82, 2.24) is 0 Å². The monoisotopic (exact) mass is 140 g/mol. The Bertz CT molecular complexity index is 262. The van der Waals surface area contributed by atoms with Crippen molar-refractivity contribution in [2.75, 3.05) is 0 Å². The molecule has 0 unspecified atom stereocenters. The number of halogens is 1. The molecule has 1 rings (SSSR count). The van der Waals surface area contributed by atoms with Crippen LogP contribution in [0.3, 0.4) is 0 Å². The molecule has 0 fully saturated rings. The number of hydrogen-bond donors (Lipinski definition) is 0. The summed E-state index contributed by atoms with van der Waals surface area (Å²) in [5.74, 6) is -0.620. The van der Waals surface area contributed by atoms with Crippen molar-refractivity contribution >= 4 is 5.69 Å². The molecule has 0 atom stereocenters. The lowest BCUT2D eigenvalue weighted by atomic mass is 10.3. The van der Waals surface area contributed by atoms with Crippen LogP contribution < -0.4 is 0 Å². The van der Waals surface area contributed by atoms with E-state index in [1.807, 2.05) is 0 Å². The molecule has 1 radical (unpaired) electrons. The Morgan fingerprint density at radius 2 is 2.40 bits per heavy atom. The standard InChI is InChI=1S/C6H3FNO2/c7-5-2-1-3-6(4-5)8(9)10/h1-2,4H. The lowest BCUT2D eigenvalue weighted by Gasteiger charge is -1.87. The molecule has 0 aromatic heterocycles. The van der Waals surface area contributed by atoms with Crippen molar-refractivity contribution in [2.45, 2.75) is 0 Å². The number of benzene rings is 1. The highest BCUT2D eigenvalue weighted by Gasteiger charge is 2.04. The lowest BCUT2D eigenvalue weighted by Crippen LogP contribution is -1.87. The molecule has 4 heteroatoms. The molecule has 0 saturated heterocycles. The van der Waals surface area contributed by atoms with E-state index in [2.05, 4.69) is 6.07 Å². The van der Waals surface area contributed by atoms with Gasteiger partial charge in [0.1, 0.15) is 5.82 Å². The summed E-state index contributed by atoms with van der Waals surface area (Å²) in [5.41, 5.74) is -0.347. The summed E-state index contributed by atoms with van der Waals surface area (Å²) in [7, 11) is 0. The van der Waals surface area contributed by atoms with Gasteiger partial charge >= 0.3 is 0 Å². The molecule has 0 aliphatic rings. The van der Waals surface area contributed by atoms with Crippen molar-refractivity contribution in [2.24, 2.45) is 0 Å². The predicted octanol–water partition coefficient (Wildman–Crippen LogP) is 1.53. The molecular weight excluding hydrogens is 137 g/mol. The van der Waals surface area contributed by atoms with E-state index in [-0.39, 0.29) is 5.69 Å². The van der Waals surface area contributed by atoms with E-state index in [0.717, 1.165) is 12.1 Å². The minimum Gasteiger partial charge on any atom is -0.258 e. The summed E-state index contributed by atoms with van der Waals surface area (Å²) in [5, 5.41) is 9.96. The van der Waals surface area contributed by atoms with E-state index >= 15 is 0 Å². The van der Waals surface area contributed by atoms with E-state index < -0.39 is 10.7 Å². The minimum absolute atomic E-state index is 0.347. The number of nitrogens with zero attached hydrogens (tertiary/aromatic N) is 1. The Balaban J connectivity index is 3.07. The molecule has 0 aliphatic heterocycles. The van der Waals surface area contributed by atoms with Gasteiger partial charge < -0.3 is 0 Å². The topological polar surface area (TPSA) is 43.1 Å². The first kappa shape index (κ1) is 6.67. The fourth-order valence-corrected chi connectivity index (χ4v) is 0.532. The summed E-state index contributed by atoms with van der Waals surface area (Å²) in [4.78, 5) is 9.27.